The lowest BCUT2D eigenvalue weighted by atomic mass is 9.93. The Hall–Kier alpha value is -0.650. The first kappa shape index (κ1) is 14.4. The van der Waals surface area contributed by atoms with Gasteiger partial charge in [0, 0.05) is 20.2 Å². The number of carbonyl (C=O) groups excluding carboxylic acids is 1. The van der Waals surface area contributed by atoms with Crippen molar-refractivity contribution >= 4 is 5.97 Å². The van der Waals surface area contributed by atoms with E-state index in [-0.39, 0.29) is 11.6 Å². The summed E-state index contributed by atoms with van der Waals surface area (Å²) in [5.41, 5.74) is 4.88. The first-order chi connectivity index (χ1) is 7.83. The smallest absolute Gasteiger partial charge is 0.326 e. The molecule has 0 aromatic heterocycles. The lowest BCUT2D eigenvalue weighted by molar-refractivity contribution is -0.148. The van der Waals surface area contributed by atoms with E-state index in [9.17, 15) is 4.79 Å². The van der Waals surface area contributed by atoms with Crippen molar-refractivity contribution in [2.24, 2.45) is 5.73 Å². The van der Waals surface area contributed by atoms with E-state index in [1.165, 1.54) is 7.11 Å². The molecule has 100 valence electrons. The van der Waals surface area contributed by atoms with Gasteiger partial charge >= 0.3 is 5.97 Å². The molecule has 0 spiro atoms. The average molecular weight is 244 g/mol. The number of ether oxygens (including phenoxy) is 2. The SMILES string of the molecule is COC(=O)C(C)(N)CN1CCCC(C)(OC)C1. The maximum atomic E-state index is 11.5. The van der Waals surface area contributed by atoms with Crippen molar-refractivity contribution in [1.82, 2.24) is 4.90 Å². The first-order valence-electron chi connectivity index (χ1n) is 5.98. The minimum absolute atomic E-state index is 0.134. The van der Waals surface area contributed by atoms with Crippen molar-refractivity contribution < 1.29 is 14.3 Å². The third-order valence-electron chi connectivity index (χ3n) is 3.43. The number of nitrogens with two attached hydrogens (primary N) is 1. The summed E-state index contributed by atoms with van der Waals surface area (Å²) in [5, 5.41) is 0. The van der Waals surface area contributed by atoms with E-state index in [0.717, 1.165) is 25.9 Å². The highest BCUT2D eigenvalue weighted by Crippen LogP contribution is 2.24. The van der Waals surface area contributed by atoms with Gasteiger partial charge in [-0.2, -0.15) is 0 Å². The Balaban J connectivity index is 2.60. The minimum Gasteiger partial charge on any atom is -0.468 e. The second-order valence-electron chi connectivity index (χ2n) is 5.38. The highest BCUT2D eigenvalue weighted by Gasteiger charge is 2.37. The zero-order valence-electron chi connectivity index (χ0n) is 11.3. The summed E-state index contributed by atoms with van der Waals surface area (Å²) in [4.78, 5) is 13.7. The van der Waals surface area contributed by atoms with Gasteiger partial charge in [0.2, 0.25) is 0 Å². The van der Waals surface area contributed by atoms with E-state index < -0.39 is 5.54 Å². The predicted octanol–water partition coefficient (Wildman–Crippen LogP) is 0.378. The molecule has 17 heavy (non-hydrogen) atoms. The summed E-state index contributed by atoms with van der Waals surface area (Å²) in [6.07, 6.45) is 2.10. The van der Waals surface area contributed by atoms with Gasteiger partial charge in [-0.3, -0.25) is 9.69 Å². The molecule has 0 saturated carbocycles. The van der Waals surface area contributed by atoms with Crippen LogP contribution in [0.2, 0.25) is 0 Å². The molecular formula is C12H24N2O3. The van der Waals surface area contributed by atoms with Crippen LogP contribution in [-0.2, 0) is 14.3 Å². The monoisotopic (exact) mass is 244 g/mol. The standard InChI is InChI=1S/C12H24N2O3/c1-11(17-4)6-5-7-14(8-11)9-12(2,13)10(15)16-3/h5-9,13H2,1-4H3. The molecule has 1 rings (SSSR count). The van der Waals surface area contributed by atoms with E-state index in [4.69, 9.17) is 15.2 Å². The summed E-state index contributed by atoms with van der Waals surface area (Å²) in [6, 6.07) is 0. The Morgan fingerprint density at radius 3 is 2.71 bits per heavy atom. The van der Waals surface area contributed by atoms with Gasteiger partial charge in [-0.1, -0.05) is 0 Å². The van der Waals surface area contributed by atoms with Gasteiger partial charge in [-0.25, -0.2) is 0 Å². The number of rotatable bonds is 4. The van der Waals surface area contributed by atoms with Crippen LogP contribution in [0.4, 0.5) is 0 Å². The van der Waals surface area contributed by atoms with Crippen LogP contribution in [0.5, 0.6) is 0 Å². The molecule has 2 unspecified atom stereocenters. The van der Waals surface area contributed by atoms with Gasteiger partial charge in [0.25, 0.3) is 0 Å². The van der Waals surface area contributed by atoms with Crippen molar-refractivity contribution in [3.05, 3.63) is 0 Å². The second-order valence-corrected chi connectivity index (χ2v) is 5.38. The zero-order chi connectivity index (χ0) is 13.1. The average Bonchev–Trinajstić information content (AvgIpc) is 2.27. The van der Waals surface area contributed by atoms with Gasteiger partial charge in [-0.05, 0) is 33.2 Å². The van der Waals surface area contributed by atoms with Crippen molar-refractivity contribution in [2.45, 2.75) is 37.8 Å². The fourth-order valence-corrected chi connectivity index (χ4v) is 2.37. The van der Waals surface area contributed by atoms with E-state index in [0.29, 0.717) is 6.54 Å². The molecule has 1 aliphatic rings. The number of nitrogens with zero attached hydrogens (tertiary/aromatic N) is 1. The topological polar surface area (TPSA) is 64.8 Å². The van der Waals surface area contributed by atoms with Gasteiger partial charge < -0.3 is 15.2 Å². The maximum Gasteiger partial charge on any atom is 0.326 e. The van der Waals surface area contributed by atoms with Crippen LogP contribution >= 0.6 is 0 Å². The Labute approximate surface area is 103 Å². The lowest BCUT2D eigenvalue weighted by Gasteiger charge is -2.41. The van der Waals surface area contributed by atoms with Crippen LogP contribution < -0.4 is 5.73 Å². The van der Waals surface area contributed by atoms with Crippen molar-refractivity contribution in [3.8, 4) is 0 Å². The molecule has 5 nitrogen and oxygen atoms in total. The van der Waals surface area contributed by atoms with E-state index in [1.54, 1.807) is 14.0 Å². The number of esters is 1. The van der Waals surface area contributed by atoms with Crippen molar-refractivity contribution in [3.63, 3.8) is 0 Å². The van der Waals surface area contributed by atoms with Gasteiger partial charge in [0.15, 0.2) is 0 Å². The van der Waals surface area contributed by atoms with E-state index >= 15 is 0 Å². The Morgan fingerprint density at radius 1 is 1.53 bits per heavy atom. The Kier molecular flexibility index (Phi) is 4.52. The number of methoxy groups -OCH3 is 2. The maximum absolute atomic E-state index is 11.5. The second kappa shape index (κ2) is 5.33. The van der Waals surface area contributed by atoms with Gasteiger partial charge in [-0.15, -0.1) is 0 Å². The summed E-state index contributed by atoms with van der Waals surface area (Å²) >= 11 is 0. The Bertz CT molecular complexity index is 281. The van der Waals surface area contributed by atoms with Crippen LogP contribution in [0, 0.1) is 0 Å². The normalized spacial score (nSPS) is 29.7. The first-order valence-corrected chi connectivity index (χ1v) is 5.98. The molecule has 1 heterocycles. The predicted molar refractivity (Wildman–Crippen MR) is 65.7 cm³/mol. The fraction of sp³-hybridized carbons (Fsp3) is 0.917. The molecule has 2 atom stereocenters. The summed E-state index contributed by atoms with van der Waals surface area (Å²) in [6.45, 7) is 6.04. The van der Waals surface area contributed by atoms with Crippen LogP contribution in [0.15, 0.2) is 0 Å². The van der Waals surface area contributed by atoms with Crippen LogP contribution in [0.25, 0.3) is 0 Å². The molecule has 0 radical (unpaired) electrons. The third-order valence-corrected chi connectivity index (χ3v) is 3.43. The molecule has 1 aliphatic heterocycles. The Morgan fingerprint density at radius 2 is 2.18 bits per heavy atom. The number of piperidine rings is 1. The number of hydrogen-bond donors (Lipinski definition) is 1. The van der Waals surface area contributed by atoms with E-state index in [2.05, 4.69) is 11.8 Å². The molecule has 0 aliphatic carbocycles. The summed E-state index contributed by atoms with van der Waals surface area (Å²) in [5.74, 6) is -0.373. The van der Waals surface area contributed by atoms with Crippen LogP contribution in [0.1, 0.15) is 26.7 Å². The lowest BCUT2D eigenvalue weighted by Crippen LogP contribution is -2.58. The highest BCUT2D eigenvalue weighted by molar-refractivity contribution is 5.80. The zero-order valence-corrected chi connectivity index (χ0v) is 11.3. The third kappa shape index (κ3) is 3.66. The molecule has 0 bridgehead atoms. The molecule has 0 aromatic rings. The molecule has 1 fully saturated rings. The molecule has 5 heteroatoms. The van der Waals surface area contributed by atoms with Crippen LogP contribution in [0.3, 0.4) is 0 Å². The van der Waals surface area contributed by atoms with Crippen molar-refractivity contribution in [1.29, 1.82) is 0 Å². The number of carbonyl (C=O) groups is 1. The summed E-state index contributed by atoms with van der Waals surface area (Å²) in [7, 11) is 3.09. The van der Waals surface area contributed by atoms with Crippen LogP contribution in [-0.4, -0.2) is 55.9 Å². The molecular weight excluding hydrogens is 220 g/mol. The van der Waals surface area contributed by atoms with Gasteiger partial charge in [0.05, 0.1) is 12.7 Å². The van der Waals surface area contributed by atoms with Gasteiger partial charge in [0.1, 0.15) is 5.54 Å². The minimum atomic E-state index is -0.958. The van der Waals surface area contributed by atoms with E-state index in [1.807, 2.05) is 0 Å². The van der Waals surface area contributed by atoms with Crippen molar-refractivity contribution in [2.75, 3.05) is 33.9 Å². The molecule has 2 N–H and O–H groups in total. The summed E-state index contributed by atoms with van der Waals surface area (Å²) < 4.78 is 10.2. The largest absolute Gasteiger partial charge is 0.468 e. The quantitative estimate of drug-likeness (QED) is 0.724. The molecule has 1 saturated heterocycles. The fourth-order valence-electron chi connectivity index (χ4n) is 2.37. The molecule has 0 amide bonds. The highest BCUT2D eigenvalue weighted by atomic mass is 16.5. The number of hydrogen-bond acceptors (Lipinski definition) is 5. The number of likely N-dealkylation sites (tertiary alicyclic amines) is 1. The molecule has 0 aromatic carbocycles.